The molecule has 0 aliphatic carbocycles. The lowest BCUT2D eigenvalue weighted by Crippen LogP contribution is -2.42. The van der Waals surface area contributed by atoms with Crippen LogP contribution in [-0.2, 0) is 11.2 Å². The fourth-order valence-corrected chi connectivity index (χ4v) is 2.06. The molecule has 2 aromatic carbocycles. The summed E-state index contributed by atoms with van der Waals surface area (Å²) in [6.45, 7) is 0. The lowest BCUT2D eigenvalue weighted by atomic mass is 10.0. The first-order chi connectivity index (χ1) is 10.6. The number of carboxylic acids is 1. The van der Waals surface area contributed by atoms with Crippen LogP contribution in [0.2, 0.25) is 0 Å². The summed E-state index contributed by atoms with van der Waals surface area (Å²) in [5.74, 6) is -1.60. The molecule has 0 aliphatic heterocycles. The van der Waals surface area contributed by atoms with E-state index in [-0.39, 0.29) is 6.42 Å². The minimum Gasteiger partial charge on any atom is -0.480 e. The maximum atomic E-state index is 12.1. The minimum absolute atomic E-state index is 0.0532. The molecule has 110 valence electrons. The highest BCUT2D eigenvalue weighted by Gasteiger charge is 2.22. The summed E-state index contributed by atoms with van der Waals surface area (Å²) in [5.41, 5.74) is 1.38. The number of hydrogen-bond acceptors (Lipinski definition) is 3. The Hall–Kier alpha value is -3.13. The molecule has 5 heteroatoms. The van der Waals surface area contributed by atoms with Crippen LogP contribution in [0.4, 0.5) is 0 Å². The summed E-state index contributed by atoms with van der Waals surface area (Å²) in [7, 11) is 0. The molecule has 0 aromatic heterocycles. The van der Waals surface area contributed by atoms with Gasteiger partial charge in [0.15, 0.2) is 0 Å². The Balaban J connectivity index is 2.16. The Morgan fingerprint density at radius 3 is 2.36 bits per heavy atom. The quantitative estimate of drug-likeness (QED) is 0.882. The molecule has 0 unspecified atom stereocenters. The molecule has 0 saturated heterocycles. The van der Waals surface area contributed by atoms with Crippen molar-refractivity contribution < 1.29 is 14.7 Å². The second kappa shape index (κ2) is 7.04. The minimum atomic E-state index is -1.14. The zero-order chi connectivity index (χ0) is 15.9. The summed E-state index contributed by atoms with van der Waals surface area (Å²) < 4.78 is 0. The monoisotopic (exact) mass is 294 g/mol. The van der Waals surface area contributed by atoms with Crippen molar-refractivity contribution in [1.82, 2.24) is 5.32 Å². The topological polar surface area (TPSA) is 90.2 Å². The van der Waals surface area contributed by atoms with Gasteiger partial charge in [-0.25, -0.2) is 4.79 Å². The van der Waals surface area contributed by atoms with Crippen molar-refractivity contribution in [3.63, 3.8) is 0 Å². The van der Waals surface area contributed by atoms with E-state index >= 15 is 0 Å². The van der Waals surface area contributed by atoms with E-state index in [0.29, 0.717) is 16.7 Å². The van der Waals surface area contributed by atoms with Crippen molar-refractivity contribution in [2.75, 3.05) is 0 Å². The molecule has 1 atom stereocenters. The van der Waals surface area contributed by atoms with Gasteiger partial charge < -0.3 is 10.4 Å². The smallest absolute Gasteiger partial charge is 0.326 e. The molecule has 0 saturated carbocycles. The Kier molecular flexibility index (Phi) is 4.89. The Morgan fingerprint density at radius 2 is 1.73 bits per heavy atom. The number of nitrogens with zero attached hydrogens (tertiary/aromatic N) is 1. The summed E-state index contributed by atoms with van der Waals surface area (Å²) in [5, 5.41) is 20.8. The van der Waals surface area contributed by atoms with Gasteiger partial charge in [-0.05, 0) is 23.8 Å². The Bertz CT molecular complexity index is 720. The van der Waals surface area contributed by atoms with Gasteiger partial charge in [0.25, 0.3) is 5.91 Å². The molecule has 0 bridgehead atoms. The van der Waals surface area contributed by atoms with Crippen LogP contribution in [0.5, 0.6) is 0 Å². The van der Waals surface area contributed by atoms with Gasteiger partial charge in [-0.2, -0.15) is 5.26 Å². The fourth-order valence-electron chi connectivity index (χ4n) is 2.06. The number of hydrogen-bond donors (Lipinski definition) is 2. The summed E-state index contributed by atoms with van der Waals surface area (Å²) in [6.07, 6.45) is 0.0532. The fraction of sp³-hybridized carbons (Fsp3) is 0.118. The highest BCUT2D eigenvalue weighted by atomic mass is 16.4. The van der Waals surface area contributed by atoms with Crippen molar-refractivity contribution in [3.05, 3.63) is 71.3 Å². The number of amides is 1. The van der Waals surface area contributed by atoms with E-state index in [9.17, 15) is 14.7 Å². The standard InChI is InChI=1S/C17H14N2O3/c18-11-14-9-5-4-8-13(14)10-15(17(21)22)19-16(20)12-6-2-1-3-7-12/h1-9,15H,10H2,(H,19,20)(H,21,22)/t15-/m1/s1. The molecule has 22 heavy (non-hydrogen) atoms. The van der Waals surface area contributed by atoms with E-state index in [1.54, 1.807) is 54.6 Å². The number of benzene rings is 2. The number of rotatable bonds is 5. The molecule has 2 aromatic rings. The largest absolute Gasteiger partial charge is 0.480 e. The van der Waals surface area contributed by atoms with Crippen LogP contribution in [-0.4, -0.2) is 23.0 Å². The third-order valence-corrected chi connectivity index (χ3v) is 3.20. The van der Waals surface area contributed by atoms with Gasteiger partial charge in [-0.1, -0.05) is 36.4 Å². The van der Waals surface area contributed by atoms with Crippen molar-refractivity contribution in [2.45, 2.75) is 12.5 Å². The third-order valence-electron chi connectivity index (χ3n) is 3.20. The van der Waals surface area contributed by atoms with Gasteiger partial charge in [0, 0.05) is 12.0 Å². The summed E-state index contributed by atoms with van der Waals surface area (Å²) >= 11 is 0. The van der Waals surface area contributed by atoms with Crippen LogP contribution in [0.1, 0.15) is 21.5 Å². The van der Waals surface area contributed by atoms with E-state index in [1.165, 1.54) is 0 Å². The second-order valence-electron chi connectivity index (χ2n) is 4.70. The number of nitriles is 1. The van der Waals surface area contributed by atoms with E-state index in [1.807, 2.05) is 6.07 Å². The summed E-state index contributed by atoms with van der Waals surface area (Å²) in [4.78, 5) is 23.4. The third kappa shape index (κ3) is 3.70. The summed E-state index contributed by atoms with van der Waals surface area (Å²) in [6, 6.07) is 16.1. The van der Waals surface area contributed by atoms with Crippen LogP contribution in [0, 0.1) is 11.3 Å². The Labute approximate surface area is 127 Å². The van der Waals surface area contributed by atoms with Crippen molar-refractivity contribution in [1.29, 1.82) is 5.26 Å². The molecule has 2 N–H and O–H groups in total. The van der Waals surface area contributed by atoms with Crippen LogP contribution >= 0.6 is 0 Å². The van der Waals surface area contributed by atoms with Crippen molar-refractivity contribution in [3.8, 4) is 6.07 Å². The average Bonchev–Trinajstić information content (AvgIpc) is 2.55. The lowest BCUT2D eigenvalue weighted by molar-refractivity contribution is -0.139. The maximum absolute atomic E-state index is 12.1. The van der Waals surface area contributed by atoms with E-state index in [4.69, 9.17) is 5.26 Å². The van der Waals surface area contributed by atoms with Crippen molar-refractivity contribution in [2.24, 2.45) is 0 Å². The number of carbonyl (C=O) groups excluding carboxylic acids is 1. The SMILES string of the molecule is N#Cc1ccccc1C[C@@H](NC(=O)c1ccccc1)C(=O)O. The first-order valence-corrected chi connectivity index (χ1v) is 6.68. The second-order valence-corrected chi connectivity index (χ2v) is 4.70. The Morgan fingerprint density at radius 1 is 1.09 bits per heavy atom. The molecular weight excluding hydrogens is 280 g/mol. The van der Waals surface area contributed by atoms with Gasteiger partial charge in [0.2, 0.25) is 0 Å². The molecule has 0 aliphatic rings. The van der Waals surface area contributed by atoms with Crippen LogP contribution in [0.3, 0.4) is 0 Å². The number of aliphatic carboxylic acids is 1. The lowest BCUT2D eigenvalue weighted by Gasteiger charge is -2.15. The normalized spacial score (nSPS) is 11.2. The first-order valence-electron chi connectivity index (χ1n) is 6.68. The predicted octanol–water partition coefficient (Wildman–Crippen LogP) is 1.98. The highest BCUT2D eigenvalue weighted by molar-refractivity contribution is 5.96. The predicted molar refractivity (Wildman–Crippen MR) is 80.2 cm³/mol. The molecule has 0 spiro atoms. The first kappa shape index (κ1) is 15.3. The number of carboxylic acid groups (broad SMARTS) is 1. The molecule has 5 nitrogen and oxygen atoms in total. The van der Waals surface area contributed by atoms with Gasteiger partial charge >= 0.3 is 5.97 Å². The van der Waals surface area contributed by atoms with Gasteiger partial charge in [0.05, 0.1) is 11.6 Å². The molecule has 1 amide bonds. The van der Waals surface area contributed by atoms with Crippen LogP contribution in [0.25, 0.3) is 0 Å². The molecular formula is C17H14N2O3. The van der Waals surface area contributed by atoms with Crippen LogP contribution < -0.4 is 5.32 Å². The molecule has 0 fully saturated rings. The molecule has 2 rings (SSSR count). The van der Waals surface area contributed by atoms with Gasteiger partial charge in [0.1, 0.15) is 6.04 Å². The van der Waals surface area contributed by atoms with Gasteiger partial charge in [-0.3, -0.25) is 4.79 Å². The number of nitrogens with one attached hydrogen (secondary N) is 1. The zero-order valence-electron chi connectivity index (χ0n) is 11.7. The van der Waals surface area contributed by atoms with E-state index in [2.05, 4.69) is 5.32 Å². The van der Waals surface area contributed by atoms with Crippen LogP contribution in [0.15, 0.2) is 54.6 Å². The maximum Gasteiger partial charge on any atom is 0.326 e. The van der Waals surface area contributed by atoms with E-state index in [0.717, 1.165) is 0 Å². The number of carbonyl (C=O) groups is 2. The highest BCUT2D eigenvalue weighted by Crippen LogP contribution is 2.11. The van der Waals surface area contributed by atoms with E-state index < -0.39 is 17.9 Å². The molecule has 0 radical (unpaired) electrons. The average molecular weight is 294 g/mol. The van der Waals surface area contributed by atoms with Crippen molar-refractivity contribution >= 4 is 11.9 Å². The zero-order valence-corrected chi connectivity index (χ0v) is 11.7. The van der Waals surface area contributed by atoms with Gasteiger partial charge in [-0.15, -0.1) is 0 Å². The molecule has 0 heterocycles.